The molecule has 0 aliphatic rings. The van der Waals surface area contributed by atoms with Crippen molar-refractivity contribution in [3.8, 4) is 17.6 Å². The lowest BCUT2D eigenvalue weighted by Crippen LogP contribution is -1.92. The van der Waals surface area contributed by atoms with E-state index in [0.29, 0.717) is 22.6 Å². The van der Waals surface area contributed by atoms with Gasteiger partial charge in [-0.15, -0.1) is 0 Å². The largest absolute Gasteiger partial charge is 0.478 e. The smallest absolute Gasteiger partial charge is 0.328 e. The van der Waals surface area contributed by atoms with E-state index in [9.17, 15) is 4.79 Å². The van der Waals surface area contributed by atoms with E-state index in [-0.39, 0.29) is 0 Å². The molecule has 2 aromatic rings. The molecule has 0 aliphatic carbocycles. The number of benzene rings is 1. The molecule has 0 unspecified atom stereocenters. The Balaban J connectivity index is 2.24. The van der Waals surface area contributed by atoms with Crippen LogP contribution in [0.1, 0.15) is 18.1 Å². The average Bonchev–Trinajstić information content (AvgIpc) is 2.93. The number of nitrogens with zero attached hydrogens (tertiary/aromatic N) is 3. The first-order chi connectivity index (χ1) is 10.1. The van der Waals surface area contributed by atoms with Crippen molar-refractivity contribution in [3.63, 3.8) is 0 Å². The molecule has 1 aromatic carbocycles. The van der Waals surface area contributed by atoms with Gasteiger partial charge >= 0.3 is 5.97 Å². The second-order valence-corrected chi connectivity index (χ2v) is 4.17. The van der Waals surface area contributed by atoms with Crippen LogP contribution in [-0.2, 0) is 11.3 Å². The topological polar surface area (TPSA) is 88.1 Å². The normalized spacial score (nSPS) is 10.5. The van der Waals surface area contributed by atoms with Gasteiger partial charge in [0.05, 0.1) is 18.0 Å². The van der Waals surface area contributed by atoms with Crippen LogP contribution < -0.4 is 4.74 Å². The summed E-state index contributed by atoms with van der Waals surface area (Å²) in [6, 6.07) is 6.91. The number of carboxylic acids is 1. The fraction of sp³-hybridized carbons (Fsp3) is 0.133. The molecule has 1 aromatic heterocycles. The van der Waals surface area contributed by atoms with Crippen molar-refractivity contribution >= 4 is 12.0 Å². The molecule has 0 aliphatic heterocycles. The van der Waals surface area contributed by atoms with Crippen LogP contribution in [-0.4, -0.2) is 20.9 Å². The first-order valence-electron chi connectivity index (χ1n) is 6.28. The second kappa shape index (κ2) is 6.39. The summed E-state index contributed by atoms with van der Waals surface area (Å²) >= 11 is 0. The molecule has 1 heterocycles. The van der Waals surface area contributed by atoms with E-state index in [1.165, 1.54) is 6.08 Å². The first kappa shape index (κ1) is 14.3. The SMILES string of the molecule is CCn1cc(Oc2ccc(/C=C/C(=O)O)cc2C#N)cn1. The third-order valence-corrected chi connectivity index (χ3v) is 2.70. The molecule has 6 nitrogen and oxygen atoms in total. The highest BCUT2D eigenvalue weighted by molar-refractivity contribution is 5.85. The minimum Gasteiger partial charge on any atom is -0.478 e. The summed E-state index contributed by atoms with van der Waals surface area (Å²) in [6.45, 7) is 2.69. The molecule has 2 rings (SSSR count). The Morgan fingerprint density at radius 2 is 2.38 bits per heavy atom. The zero-order valence-corrected chi connectivity index (χ0v) is 11.4. The van der Waals surface area contributed by atoms with Gasteiger partial charge in [-0.2, -0.15) is 10.4 Å². The number of nitriles is 1. The van der Waals surface area contributed by atoms with Crippen LogP contribution in [0.3, 0.4) is 0 Å². The van der Waals surface area contributed by atoms with Gasteiger partial charge in [0.2, 0.25) is 0 Å². The summed E-state index contributed by atoms with van der Waals surface area (Å²) in [6.07, 6.45) is 5.74. The Kier molecular flexibility index (Phi) is 4.36. The zero-order valence-electron chi connectivity index (χ0n) is 11.4. The molecule has 0 saturated carbocycles. The van der Waals surface area contributed by atoms with Crippen LogP contribution in [0.2, 0.25) is 0 Å². The number of hydrogen-bond acceptors (Lipinski definition) is 4. The van der Waals surface area contributed by atoms with Crippen LogP contribution in [0.25, 0.3) is 6.08 Å². The molecule has 0 fully saturated rings. The van der Waals surface area contributed by atoms with E-state index in [1.54, 1.807) is 35.3 Å². The molecule has 0 amide bonds. The molecular weight excluding hydrogens is 270 g/mol. The number of ether oxygens (including phenoxy) is 1. The average molecular weight is 283 g/mol. The maximum absolute atomic E-state index is 10.5. The number of aliphatic carboxylic acids is 1. The van der Waals surface area contributed by atoms with E-state index in [4.69, 9.17) is 15.1 Å². The van der Waals surface area contributed by atoms with E-state index in [2.05, 4.69) is 5.10 Å². The van der Waals surface area contributed by atoms with Crippen LogP contribution in [0.4, 0.5) is 0 Å². The molecule has 0 atom stereocenters. The maximum Gasteiger partial charge on any atom is 0.328 e. The standard InChI is InChI=1S/C15H13N3O3/c1-2-18-10-13(9-17-18)21-14-5-3-11(4-6-15(19)20)7-12(14)8-16/h3-7,9-10H,2H2,1H3,(H,19,20)/b6-4+. The van der Waals surface area contributed by atoms with E-state index in [1.807, 2.05) is 13.0 Å². The van der Waals surface area contributed by atoms with Gasteiger partial charge in [0, 0.05) is 12.6 Å². The molecule has 0 radical (unpaired) electrons. The second-order valence-electron chi connectivity index (χ2n) is 4.17. The molecule has 21 heavy (non-hydrogen) atoms. The molecule has 1 N–H and O–H groups in total. The van der Waals surface area contributed by atoms with E-state index < -0.39 is 5.97 Å². The van der Waals surface area contributed by atoms with Gasteiger partial charge < -0.3 is 9.84 Å². The highest BCUT2D eigenvalue weighted by Gasteiger charge is 2.07. The van der Waals surface area contributed by atoms with Gasteiger partial charge in [0.25, 0.3) is 0 Å². The van der Waals surface area contributed by atoms with Gasteiger partial charge in [0.1, 0.15) is 11.8 Å². The minimum absolute atomic E-state index is 0.326. The fourth-order valence-corrected chi connectivity index (χ4v) is 1.69. The number of rotatable bonds is 5. The Labute approximate surface area is 121 Å². The summed E-state index contributed by atoms with van der Waals surface area (Å²) < 4.78 is 7.33. The summed E-state index contributed by atoms with van der Waals surface area (Å²) in [5, 5.41) is 21.8. The van der Waals surface area contributed by atoms with Crippen LogP contribution >= 0.6 is 0 Å². The zero-order chi connectivity index (χ0) is 15.2. The maximum atomic E-state index is 10.5. The summed E-state index contributed by atoms with van der Waals surface area (Å²) in [5.41, 5.74) is 0.942. The lowest BCUT2D eigenvalue weighted by atomic mass is 10.1. The predicted molar refractivity (Wildman–Crippen MR) is 75.8 cm³/mol. The van der Waals surface area contributed by atoms with Gasteiger partial charge in [-0.25, -0.2) is 4.79 Å². The summed E-state index contributed by atoms with van der Waals surface area (Å²) in [4.78, 5) is 10.5. The van der Waals surface area contributed by atoms with Crippen molar-refractivity contribution in [2.45, 2.75) is 13.5 Å². The molecule has 0 bridgehead atoms. The third-order valence-electron chi connectivity index (χ3n) is 2.70. The molecule has 106 valence electrons. The Bertz CT molecular complexity index is 726. The fourth-order valence-electron chi connectivity index (χ4n) is 1.69. The van der Waals surface area contributed by atoms with Gasteiger partial charge in [-0.1, -0.05) is 6.07 Å². The van der Waals surface area contributed by atoms with Crippen LogP contribution in [0.5, 0.6) is 11.5 Å². The van der Waals surface area contributed by atoms with Crippen LogP contribution in [0.15, 0.2) is 36.7 Å². The van der Waals surface area contributed by atoms with Crippen molar-refractivity contribution in [1.29, 1.82) is 5.26 Å². The van der Waals surface area contributed by atoms with E-state index in [0.717, 1.165) is 12.6 Å². The third kappa shape index (κ3) is 3.70. The highest BCUT2D eigenvalue weighted by Crippen LogP contribution is 2.26. The van der Waals surface area contributed by atoms with Crippen molar-refractivity contribution in [2.75, 3.05) is 0 Å². The van der Waals surface area contributed by atoms with E-state index >= 15 is 0 Å². The number of aromatic nitrogens is 2. The Morgan fingerprint density at radius 3 is 3.00 bits per heavy atom. The molecule has 0 spiro atoms. The molecule has 0 saturated heterocycles. The summed E-state index contributed by atoms with van der Waals surface area (Å²) in [7, 11) is 0. The first-order valence-corrected chi connectivity index (χ1v) is 6.28. The van der Waals surface area contributed by atoms with Gasteiger partial charge in [-0.3, -0.25) is 4.68 Å². The Hall–Kier alpha value is -3.07. The van der Waals surface area contributed by atoms with Crippen molar-refractivity contribution in [2.24, 2.45) is 0 Å². The summed E-state index contributed by atoms with van der Waals surface area (Å²) in [5.74, 6) is -0.0939. The van der Waals surface area contributed by atoms with Crippen LogP contribution in [0, 0.1) is 11.3 Å². The number of carbonyl (C=O) groups is 1. The lowest BCUT2D eigenvalue weighted by molar-refractivity contribution is -0.131. The Morgan fingerprint density at radius 1 is 1.57 bits per heavy atom. The quantitative estimate of drug-likeness (QED) is 0.852. The molecule has 6 heteroatoms. The number of carboxylic acid groups (broad SMARTS) is 1. The highest BCUT2D eigenvalue weighted by atomic mass is 16.5. The number of aryl methyl sites for hydroxylation is 1. The lowest BCUT2D eigenvalue weighted by Gasteiger charge is -2.05. The minimum atomic E-state index is -1.04. The van der Waals surface area contributed by atoms with Crippen molar-refractivity contribution in [1.82, 2.24) is 9.78 Å². The van der Waals surface area contributed by atoms with Gasteiger partial charge in [0.15, 0.2) is 5.75 Å². The monoisotopic (exact) mass is 283 g/mol. The number of hydrogen-bond donors (Lipinski definition) is 1. The van der Waals surface area contributed by atoms with Crippen molar-refractivity contribution < 1.29 is 14.6 Å². The van der Waals surface area contributed by atoms with Crippen molar-refractivity contribution in [3.05, 3.63) is 47.8 Å². The molecular formula is C15H13N3O3. The van der Waals surface area contributed by atoms with Gasteiger partial charge in [-0.05, 0) is 30.7 Å². The predicted octanol–water partition coefficient (Wildman–Crippen LogP) is 2.66.